The number of fused-ring (bicyclic) bond motifs is 1. The summed E-state index contributed by atoms with van der Waals surface area (Å²) in [7, 11) is 0. The molecular formula is C14H11FN2OS2. The molecule has 3 aromatic rings. The predicted octanol–water partition coefficient (Wildman–Crippen LogP) is 3.72. The molecule has 20 heavy (non-hydrogen) atoms. The van der Waals surface area contributed by atoms with Crippen LogP contribution in [0.25, 0.3) is 10.2 Å². The number of nitrogens with zero attached hydrogens (tertiary/aromatic N) is 1. The van der Waals surface area contributed by atoms with Crippen molar-refractivity contribution in [3.8, 4) is 0 Å². The summed E-state index contributed by atoms with van der Waals surface area (Å²) >= 11 is 2.95. The average molecular weight is 306 g/mol. The zero-order valence-corrected chi connectivity index (χ0v) is 12.3. The van der Waals surface area contributed by atoms with E-state index in [-0.39, 0.29) is 11.4 Å². The number of nitrogens with one attached hydrogen (secondary N) is 1. The summed E-state index contributed by atoms with van der Waals surface area (Å²) in [6.07, 6.45) is 0. The Bertz CT molecular complexity index is 808. The maximum absolute atomic E-state index is 12.8. The van der Waals surface area contributed by atoms with Gasteiger partial charge in [-0.15, -0.1) is 11.3 Å². The third kappa shape index (κ3) is 2.76. The molecule has 2 heterocycles. The van der Waals surface area contributed by atoms with Crippen molar-refractivity contribution in [3.05, 3.63) is 56.9 Å². The first-order chi connectivity index (χ1) is 9.61. The number of thioether (sulfide) groups is 1. The van der Waals surface area contributed by atoms with Crippen molar-refractivity contribution in [2.24, 2.45) is 0 Å². The van der Waals surface area contributed by atoms with Gasteiger partial charge >= 0.3 is 0 Å². The van der Waals surface area contributed by atoms with Crippen molar-refractivity contribution in [2.75, 3.05) is 0 Å². The van der Waals surface area contributed by atoms with Gasteiger partial charge in [-0.25, -0.2) is 9.37 Å². The minimum atomic E-state index is -0.249. The van der Waals surface area contributed by atoms with E-state index >= 15 is 0 Å². The Morgan fingerprint density at radius 1 is 1.35 bits per heavy atom. The summed E-state index contributed by atoms with van der Waals surface area (Å²) < 4.78 is 12.8. The highest BCUT2D eigenvalue weighted by Crippen LogP contribution is 2.24. The molecule has 0 fully saturated rings. The number of benzene rings is 1. The Labute approximate surface area is 122 Å². The first kappa shape index (κ1) is 13.3. The molecular weight excluding hydrogens is 295 g/mol. The lowest BCUT2D eigenvalue weighted by molar-refractivity contribution is 0.627. The fourth-order valence-electron chi connectivity index (χ4n) is 1.83. The number of aryl methyl sites for hydroxylation is 1. The first-order valence-corrected chi connectivity index (χ1v) is 7.80. The van der Waals surface area contributed by atoms with Crippen LogP contribution in [0.5, 0.6) is 0 Å². The molecule has 102 valence electrons. The Kier molecular flexibility index (Phi) is 3.58. The van der Waals surface area contributed by atoms with Crippen LogP contribution in [0.15, 0.2) is 40.3 Å². The van der Waals surface area contributed by atoms with Gasteiger partial charge in [-0.1, -0.05) is 23.9 Å². The summed E-state index contributed by atoms with van der Waals surface area (Å²) in [6.45, 7) is 1.96. The van der Waals surface area contributed by atoms with E-state index in [1.807, 2.05) is 13.0 Å². The highest BCUT2D eigenvalue weighted by atomic mass is 32.2. The van der Waals surface area contributed by atoms with E-state index in [1.165, 1.54) is 35.2 Å². The Morgan fingerprint density at radius 3 is 2.85 bits per heavy atom. The standard InChI is InChI=1S/C14H11FN2OS2/c1-8-6-11-12(18)16-14(17-13(11)20-8)19-7-9-2-4-10(15)5-3-9/h2-6H,7H2,1H3,(H,16,17,18). The third-order valence-corrected chi connectivity index (χ3v) is 4.68. The van der Waals surface area contributed by atoms with E-state index in [1.54, 1.807) is 12.1 Å². The minimum absolute atomic E-state index is 0.110. The maximum atomic E-state index is 12.8. The van der Waals surface area contributed by atoms with Crippen molar-refractivity contribution in [3.63, 3.8) is 0 Å². The highest BCUT2D eigenvalue weighted by molar-refractivity contribution is 7.98. The normalized spacial score (nSPS) is 11.1. The zero-order valence-electron chi connectivity index (χ0n) is 10.6. The zero-order chi connectivity index (χ0) is 14.1. The number of hydrogen-bond donors (Lipinski definition) is 1. The minimum Gasteiger partial charge on any atom is -0.301 e. The molecule has 0 saturated carbocycles. The average Bonchev–Trinajstić information content (AvgIpc) is 2.79. The van der Waals surface area contributed by atoms with Gasteiger partial charge in [0.2, 0.25) is 0 Å². The molecule has 1 aromatic carbocycles. The van der Waals surface area contributed by atoms with Crippen LogP contribution in [0.1, 0.15) is 10.4 Å². The van der Waals surface area contributed by atoms with Crippen LogP contribution in [0, 0.1) is 12.7 Å². The van der Waals surface area contributed by atoms with Gasteiger partial charge in [0.1, 0.15) is 10.6 Å². The Hall–Kier alpha value is -1.66. The number of aromatic nitrogens is 2. The number of aromatic amines is 1. The molecule has 6 heteroatoms. The Morgan fingerprint density at radius 2 is 2.10 bits per heavy atom. The molecule has 0 aliphatic carbocycles. The predicted molar refractivity (Wildman–Crippen MR) is 80.9 cm³/mol. The number of thiophene rings is 1. The van der Waals surface area contributed by atoms with E-state index in [0.717, 1.165) is 15.3 Å². The molecule has 0 atom stereocenters. The molecule has 0 amide bonds. The van der Waals surface area contributed by atoms with Crippen LogP contribution in [0.4, 0.5) is 4.39 Å². The summed E-state index contributed by atoms with van der Waals surface area (Å²) in [6, 6.07) is 8.17. The van der Waals surface area contributed by atoms with Crippen molar-refractivity contribution >= 4 is 33.3 Å². The molecule has 0 unspecified atom stereocenters. The van der Waals surface area contributed by atoms with Gasteiger partial charge in [-0.2, -0.15) is 0 Å². The number of halogens is 1. The fraction of sp³-hybridized carbons (Fsp3) is 0.143. The lowest BCUT2D eigenvalue weighted by Gasteiger charge is -2.01. The van der Waals surface area contributed by atoms with Crippen molar-refractivity contribution in [2.45, 2.75) is 17.8 Å². The maximum Gasteiger partial charge on any atom is 0.260 e. The summed E-state index contributed by atoms with van der Waals surface area (Å²) in [5, 5.41) is 1.23. The number of hydrogen-bond acceptors (Lipinski definition) is 4. The second-order valence-corrected chi connectivity index (χ2v) is 6.56. The monoisotopic (exact) mass is 306 g/mol. The fourth-order valence-corrected chi connectivity index (χ4v) is 3.59. The second kappa shape index (κ2) is 5.38. The van der Waals surface area contributed by atoms with Crippen LogP contribution in [0.3, 0.4) is 0 Å². The molecule has 0 bridgehead atoms. The van der Waals surface area contributed by atoms with Crippen molar-refractivity contribution in [1.29, 1.82) is 0 Å². The summed E-state index contributed by atoms with van der Waals surface area (Å²) in [4.78, 5) is 21.0. The molecule has 3 rings (SSSR count). The largest absolute Gasteiger partial charge is 0.301 e. The van der Waals surface area contributed by atoms with Gasteiger partial charge in [-0.3, -0.25) is 4.79 Å². The van der Waals surface area contributed by atoms with Crippen LogP contribution in [-0.4, -0.2) is 9.97 Å². The Balaban J connectivity index is 1.84. The van der Waals surface area contributed by atoms with Crippen LogP contribution < -0.4 is 5.56 Å². The van der Waals surface area contributed by atoms with E-state index < -0.39 is 0 Å². The molecule has 3 nitrogen and oxygen atoms in total. The van der Waals surface area contributed by atoms with Gasteiger partial charge in [0.25, 0.3) is 5.56 Å². The van der Waals surface area contributed by atoms with Crippen LogP contribution in [-0.2, 0) is 5.75 Å². The molecule has 0 spiro atoms. The van der Waals surface area contributed by atoms with Crippen molar-refractivity contribution in [1.82, 2.24) is 9.97 Å². The second-order valence-electron chi connectivity index (χ2n) is 4.36. The van der Waals surface area contributed by atoms with Crippen LogP contribution >= 0.6 is 23.1 Å². The molecule has 2 aromatic heterocycles. The van der Waals surface area contributed by atoms with E-state index in [2.05, 4.69) is 9.97 Å². The lowest BCUT2D eigenvalue weighted by Crippen LogP contribution is -2.07. The number of H-pyrrole nitrogens is 1. The van der Waals surface area contributed by atoms with Crippen LogP contribution in [0.2, 0.25) is 0 Å². The summed E-state index contributed by atoms with van der Waals surface area (Å²) in [5.74, 6) is 0.389. The SMILES string of the molecule is Cc1cc2c(=O)[nH]c(SCc3ccc(F)cc3)nc2s1. The van der Waals surface area contributed by atoms with Gasteiger partial charge in [-0.05, 0) is 30.7 Å². The van der Waals surface area contributed by atoms with Gasteiger partial charge in [0.05, 0.1) is 5.39 Å². The van der Waals surface area contributed by atoms with E-state index in [0.29, 0.717) is 16.3 Å². The molecule has 0 saturated heterocycles. The first-order valence-electron chi connectivity index (χ1n) is 5.99. The lowest BCUT2D eigenvalue weighted by atomic mass is 10.2. The summed E-state index contributed by atoms with van der Waals surface area (Å²) in [5.41, 5.74) is 0.877. The third-order valence-electron chi connectivity index (χ3n) is 2.79. The number of rotatable bonds is 3. The van der Waals surface area contributed by atoms with E-state index in [4.69, 9.17) is 0 Å². The highest BCUT2D eigenvalue weighted by Gasteiger charge is 2.07. The van der Waals surface area contributed by atoms with Gasteiger partial charge < -0.3 is 4.98 Å². The molecule has 0 radical (unpaired) electrons. The van der Waals surface area contributed by atoms with E-state index in [9.17, 15) is 9.18 Å². The quantitative estimate of drug-likeness (QED) is 0.592. The topological polar surface area (TPSA) is 45.8 Å². The molecule has 0 aliphatic heterocycles. The smallest absolute Gasteiger partial charge is 0.260 e. The van der Waals surface area contributed by atoms with Crippen molar-refractivity contribution < 1.29 is 4.39 Å². The van der Waals surface area contributed by atoms with Gasteiger partial charge in [0, 0.05) is 10.6 Å². The molecule has 0 aliphatic rings. The molecule has 1 N–H and O–H groups in total. The van der Waals surface area contributed by atoms with Gasteiger partial charge in [0.15, 0.2) is 5.16 Å².